The number of nitrogens with zero attached hydrogens (tertiary/aromatic N) is 3. The Hall–Kier alpha value is -2.51. The van der Waals surface area contributed by atoms with Crippen molar-refractivity contribution in [1.82, 2.24) is 20.1 Å². The lowest BCUT2D eigenvalue weighted by Gasteiger charge is -2.21. The monoisotopic (exact) mass is 486 g/mol. The van der Waals surface area contributed by atoms with E-state index in [1.807, 2.05) is 62.4 Å². The molecule has 1 N–H and O–H groups in total. The van der Waals surface area contributed by atoms with Crippen LogP contribution in [0.2, 0.25) is 5.02 Å². The molecule has 0 bridgehead atoms. The number of rotatable bonds is 11. The first-order valence-corrected chi connectivity index (χ1v) is 12.5. The molecule has 0 saturated carbocycles. The van der Waals surface area contributed by atoms with Gasteiger partial charge in [0, 0.05) is 6.04 Å². The highest BCUT2D eigenvalue weighted by molar-refractivity contribution is 8.00. The second kappa shape index (κ2) is 12.1. The number of ether oxygens (including phenoxy) is 1. The second-order valence-corrected chi connectivity index (χ2v) is 9.57. The van der Waals surface area contributed by atoms with E-state index in [2.05, 4.69) is 33.9 Å². The van der Waals surface area contributed by atoms with Crippen LogP contribution in [0.15, 0.2) is 59.8 Å². The van der Waals surface area contributed by atoms with Gasteiger partial charge in [-0.05, 0) is 44.4 Å². The molecule has 33 heavy (non-hydrogen) atoms. The SMILES string of the molecule is CCC(CC)n1c(COc2ccccc2Cl)nnc1SC(C)C(=O)NC(C)c1ccccc1. The predicted octanol–water partition coefficient (Wildman–Crippen LogP) is 6.23. The molecule has 0 aliphatic heterocycles. The van der Waals surface area contributed by atoms with Crippen LogP contribution in [0.4, 0.5) is 0 Å². The Morgan fingerprint density at radius 2 is 1.73 bits per heavy atom. The number of carbonyl (C=O) groups excluding carboxylic acids is 1. The smallest absolute Gasteiger partial charge is 0.233 e. The van der Waals surface area contributed by atoms with E-state index < -0.39 is 0 Å². The van der Waals surface area contributed by atoms with Gasteiger partial charge in [-0.15, -0.1) is 10.2 Å². The molecule has 2 unspecified atom stereocenters. The standard InChI is InChI=1S/C25H31ClN4O2S/c1-5-20(6-2)30-23(16-32-22-15-11-10-14-21(22)26)28-29-25(30)33-18(4)24(31)27-17(3)19-12-8-7-9-13-19/h7-15,17-18,20H,5-6,16H2,1-4H3,(H,27,31). The van der Waals surface area contributed by atoms with Crippen molar-refractivity contribution < 1.29 is 9.53 Å². The van der Waals surface area contributed by atoms with Crippen LogP contribution in [0.3, 0.4) is 0 Å². The first kappa shape index (κ1) is 25.1. The van der Waals surface area contributed by atoms with Crippen LogP contribution in [-0.4, -0.2) is 25.9 Å². The Morgan fingerprint density at radius 1 is 1.06 bits per heavy atom. The van der Waals surface area contributed by atoms with Gasteiger partial charge in [-0.3, -0.25) is 4.79 Å². The lowest BCUT2D eigenvalue weighted by Crippen LogP contribution is -2.33. The fraction of sp³-hybridized carbons (Fsp3) is 0.400. The summed E-state index contributed by atoms with van der Waals surface area (Å²) in [5, 5.41) is 12.8. The lowest BCUT2D eigenvalue weighted by atomic mass is 10.1. The van der Waals surface area contributed by atoms with Gasteiger partial charge in [0.05, 0.1) is 16.3 Å². The molecule has 0 radical (unpaired) electrons. The number of para-hydroxylation sites is 1. The topological polar surface area (TPSA) is 69.0 Å². The first-order valence-electron chi connectivity index (χ1n) is 11.3. The van der Waals surface area contributed by atoms with Gasteiger partial charge in [0.2, 0.25) is 5.91 Å². The number of amides is 1. The van der Waals surface area contributed by atoms with Gasteiger partial charge in [-0.1, -0.05) is 79.7 Å². The normalized spacial score (nSPS) is 13.0. The maximum atomic E-state index is 12.9. The zero-order valence-corrected chi connectivity index (χ0v) is 21.1. The summed E-state index contributed by atoms with van der Waals surface area (Å²) in [5.41, 5.74) is 1.07. The second-order valence-electron chi connectivity index (χ2n) is 7.86. The molecule has 3 rings (SSSR count). The minimum atomic E-state index is -0.328. The van der Waals surface area contributed by atoms with Crippen molar-refractivity contribution in [1.29, 1.82) is 0 Å². The molecule has 2 atom stereocenters. The highest BCUT2D eigenvalue weighted by atomic mass is 35.5. The molecule has 0 saturated heterocycles. The summed E-state index contributed by atoms with van der Waals surface area (Å²) < 4.78 is 8.03. The van der Waals surface area contributed by atoms with E-state index in [1.54, 1.807) is 6.07 Å². The fourth-order valence-corrected chi connectivity index (χ4v) is 4.72. The Kier molecular flexibility index (Phi) is 9.21. The molecule has 0 aliphatic carbocycles. The maximum Gasteiger partial charge on any atom is 0.233 e. The number of aromatic nitrogens is 3. The zero-order valence-electron chi connectivity index (χ0n) is 19.5. The van der Waals surface area contributed by atoms with Crippen molar-refractivity contribution in [2.45, 2.75) is 69.6 Å². The summed E-state index contributed by atoms with van der Waals surface area (Å²) in [6, 6.07) is 17.4. The number of benzene rings is 2. The number of nitrogens with one attached hydrogen (secondary N) is 1. The van der Waals surface area contributed by atoms with Crippen molar-refractivity contribution in [3.63, 3.8) is 0 Å². The van der Waals surface area contributed by atoms with Gasteiger partial charge < -0.3 is 14.6 Å². The number of halogens is 1. The predicted molar refractivity (Wildman–Crippen MR) is 134 cm³/mol. The van der Waals surface area contributed by atoms with Crippen LogP contribution >= 0.6 is 23.4 Å². The summed E-state index contributed by atoms with van der Waals surface area (Å²) in [6.45, 7) is 8.41. The minimum Gasteiger partial charge on any atom is -0.484 e. The average Bonchev–Trinajstić information content (AvgIpc) is 3.22. The van der Waals surface area contributed by atoms with E-state index in [4.69, 9.17) is 16.3 Å². The first-order chi connectivity index (χ1) is 15.9. The third-order valence-corrected chi connectivity index (χ3v) is 6.92. The summed E-state index contributed by atoms with van der Waals surface area (Å²) in [6.07, 6.45) is 1.85. The molecule has 0 aliphatic rings. The highest BCUT2D eigenvalue weighted by Crippen LogP contribution is 2.30. The van der Waals surface area contributed by atoms with Gasteiger partial charge in [0.25, 0.3) is 0 Å². The van der Waals surface area contributed by atoms with Crippen molar-refractivity contribution in [2.75, 3.05) is 0 Å². The number of thioether (sulfide) groups is 1. The van der Waals surface area contributed by atoms with Crippen molar-refractivity contribution >= 4 is 29.3 Å². The molecule has 176 valence electrons. The molecule has 3 aromatic rings. The number of hydrogen-bond donors (Lipinski definition) is 1. The Bertz CT molecular complexity index is 1040. The van der Waals surface area contributed by atoms with Crippen LogP contribution in [-0.2, 0) is 11.4 Å². The van der Waals surface area contributed by atoms with Crippen molar-refractivity contribution in [3.05, 3.63) is 71.0 Å². The molecule has 1 heterocycles. The van der Waals surface area contributed by atoms with Gasteiger partial charge >= 0.3 is 0 Å². The summed E-state index contributed by atoms with van der Waals surface area (Å²) >= 11 is 7.64. The van der Waals surface area contributed by atoms with E-state index in [0.717, 1.165) is 29.4 Å². The number of hydrogen-bond acceptors (Lipinski definition) is 5. The summed E-state index contributed by atoms with van der Waals surface area (Å²) in [4.78, 5) is 12.9. The van der Waals surface area contributed by atoms with E-state index in [9.17, 15) is 4.79 Å². The molecule has 2 aromatic carbocycles. The Morgan fingerprint density at radius 3 is 2.39 bits per heavy atom. The Labute approximate surface area is 205 Å². The zero-order chi connectivity index (χ0) is 23.8. The van der Waals surface area contributed by atoms with Crippen molar-refractivity contribution in [2.24, 2.45) is 0 Å². The van der Waals surface area contributed by atoms with Crippen molar-refractivity contribution in [3.8, 4) is 5.75 Å². The van der Waals surface area contributed by atoms with E-state index >= 15 is 0 Å². The van der Waals surface area contributed by atoms with E-state index in [-0.39, 0.29) is 29.8 Å². The van der Waals surface area contributed by atoms with Gasteiger partial charge in [0.15, 0.2) is 11.0 Å². The fourth-order valence-electron chi connectivity index (χ4n) is 3.58. The maximum absolute atomic E-state index is 12.9. The van der Waals surface area contributed by atoms with Crippen LogP contribution in [0.5, 0.6) is 5.75 Å². The highest BCUT2D eigenvalue weighted by Gasteiger charge is 2.24. The van der Waals surface area contributed by atoms with Crippen LogP contribution in [0.25, 0.3) is 0 Å². The van der Waals surface area contributed by atoms with Crippen LogP contribution in [0, 0.1) is 0 Å². The van der Waals surface area contributed by atoms with E-state index in [1.165, 1.54) is 11.8 Å². The summed E-state index contributed by atoms with van der Waals surface area (Å²) in [7, 11) is 0. The third-order valence-electron chi connectivity index (χ3n) is 5.55. The molecule has 1 amide bonds. The number of carbonyl (C=O) groups is 1. The molecular weight excluding hydrogens is 456 g/mol. The molecule has 0 spiro atoms. The van der Waals surface area contributed by atoms with Gasteiger partial charge in [-0.25, -0.2) is 0 Å². The molecule has 1 aromatic heterocycles. The molecule has 8 heteroatoms. The lowest BCUT2D eigenvalue weighted by molar-refractivity contribution is -0.120. The van der Waals surface area contributed by atoms with Gasteiger partial charge in [-0.2, -0.15) is 0 Å². The van der Waals surface area contributed by atoms with Crippen LogP contribution in [0.1, 0.15) is 64.0 Å². The summed E-state index contributed by atoms with van der Waals surface area (Å²) in [5.74, 6) is 1.29. The molecule has 6 nitrogen and oxygen atoms in total. The quantitative estimate of drug-likeness (QED) is 0.325. The van der Waals surface area contributed by atoms with Gasteiger partial charge in [0.1, 0.15) is 12.4 Å². The molecule has 0 fully saturated rings. The third kappa shape index (κ3) is 6.51. The van der Waals surface area contributed by atoms with Crippen LogP contribution < -0.4 is 10.1 Å². The average molecular weight is 487 g/mol. The largest absolute Gasteiger partial charge is 0.484 e. The molecular formula is C25H31ClN4O2S. The Balaban J connectivity index is 1.73. The minimum absolute atomic E-state index is 0.0377. The van der Waals surface area contributed by atoms with E-state index in [0.29, 0.717) is 10.8 Å².